The van der Waals surface area contributed by atoms with E-state index in [4.69, 9.17) is 4.74 Å². The molecule has 0 aliphatic rings. The van der Waals surface area contributed by atoms with Gasteiger partial charge in [-0.15, -0.1) is 22.7 Å². The quantitative estimate of drug-likeness (QED) is 0.335. The Kier molecular flexibility index (Phi) is 5.51. The molecule has 0 aliphatic carbocycles. The number of amides is 1. The van der Waals surface area contributed by atoms with Crippen molar-refractivity contribution in [1.29, 1.82) is 0 Å². The zero-order valence-corrected chi connectivity index (χ0v) is 16.6. The van der Waals surface area contributed by atoms with E-state index in [-0.39, 0.29) is 4.88 Å². The van der Waals surface area contributed by atoms with Gasteiger partial charge in [-0.25, -0.2) is 22.9 Å². The topological polar surface area (TPSA) is 68.3 Å². The molecule has 0 bridgehead atoms. The molecule has 0 aliphatic heterocycles. The summed E-state index contributed by atoms with van der Waals surface area (Å²) in [6.45, 7) is -0.717. The number of aromatic nitrogens is 1. The van der Waals surface area contributed by atoms with E-state index in [0.717, 1.165) is 37.5 Å². The number of rotatable bonds is 5. The van der Waals surface area contributed by atoms with Crippen molar-refractivity contribution in [3.05, 3.63) is 70.9 Å². The van der Waals surface area contributed by atoms with Crippen molar-refractivity contribution in [2.24, 2.45) is 0 Å². The molecule has 0 atom stereocenters. The van der Waals surface area contributed by atoms with Crippen molar-refractivity contribution >= 4 is 50.5 Å². The Labute approximate surface area is 175 Å². The second-order valence-electron chi connectivity index (χ2n) is 6.00. The van der Waals surface area contributed by atoms with Crippen LogP contribution in [0.1, 0.15) is 9.67 Å². The van der Waals surface area contributed by atoms with E-state index >= 15 is 0 Å². The van der Waals surface area contributed by atoms with Crippen LogP contribution in [0.15, 0.2) is 48.5 Å². The number of thiophene rings is 1. The van der Waals surface area contributed by atoms with Crippen molar-refractivity contribution in [3.63, 3.8) is 0 Å². The third kappa shape index (κ3) is 4.05. The van der Waals surface area contributed by atoms with Gasteiger partial charge in [-0.1, -0.05) is 12.1 Å². The molecule has 1 amide bonds. The number of hydrogen-bond acceptors (Lipinski definition) is 6. The van der Waals surface area contributed by atoms with Crippen molar-refractivity contribution in [2.75, 3.05) is 11.9 Å². The van der Waals surface area contributed by atoms with Crippen LogP contribution in [0.3, 0.4) is 0 Å². The van der Waals surface area contributed by atoms with Crippen molar-refractivity contribution < 1.29 is 27.5 Å². The zero-order valence-electron chi connectivity index (χ0n) is 14.9. The van der Waals surface area contributed by atoms with Crippen LogP contribution in [0.4, 0.5) is 18.9 Å². The predicted octanol–water partition coefficient (Wildman–Crippen LogP) is 5.24. The maximum absolute atomic E-state index is 13.6. The number of carbonyl (C=O) groups is 2. The smallest absolute Gasteiger partial charge is 0.348 e. The highest BCUT2D eigenvalue weighted by atomic mass is 32.1. The molecule has 2 heterocycles. The van der Waals surface area contributed by atoms with E-state index < -0.39 is 41.6 Å². The van der Waals surface area contributed by atoms with Crippen LogP contribution < -0.4 is 5.32 Å². The maximum Gasteiger partial charge on any atom is 0.348 e. The summed E-state index contributed by atoms with van der Waals surface area (Å²) in [4.78, 5) is 29.6. The minimum atomic E-state index is -1.70. The fraction of sp³-hybridized carbons (Fsp3) is 0.0500. The van der Waals surface area contributed by atoms with Gasteiger partial charge in [0.2, 0.25) is 0 Å². The van der Waals surface area contributed by atoms with Crippen molar-refractivity contribution in [3.8, 4) is 9.88 Å². The van der Waals surface area contributed by atoms with E-state index in [2.05, 4.69) is 4.98 Å². The molecule has 4 rings (SSSR count). The molecule has 10 heteroatoms. The number of carbonyl (C=O) groups excluding carboxylic acids is 2. The van der Waals surface area contributed by atoms with Crippen molar-refractivity contribution in [1.82, 2.24) is 4.98 Å². The first kappa shape index (κ1) is 20.0. The average molecular weight is 448 g/mol. The summed E-state index contributed by atoms with van der Waals surface area (Å²) < 4.78 is 45.6. The molecule has 152 valence electrons. The van der Waals surface area contributed by atoms with Gasteiger partial charge in [-0.2, -0.15) is 0 Å². The van der Waals surface area contributed by atoms with Gasteiger partial charge in [0, 0.05) is 0 Å². The summed E-state index contributed by atoms with van der Waals surface area (Å²) in [7, 11) is 0. The highest BCUT2D eigenvalue weighted by Gasteiger charge is 2.18. The molecule has 1 N–H and O–H groups in total. The summed E-state index contributed by atoms with van der Waals surface area (Å²) in [5.41, 5.74) is 0.306. The van der Waals surface area contributed by atoms with Crippen LogP contribution in [-0.2, 0) is 9.53 Å². The Bertz CT molecular complexity index is 1240. The molecular weight excluding hydrogens is 437 g/mol. The second kappa shape index (κ2) is 8.25. The minimum absolute atomic E-state index is 0.260. The first-order valence-corrected chi connectivity index (χ1v) is 10.1. The Hall–Kier alpha value is -3.24. The molecule has 0 saturated heterocycles. The number of benzene rings is 2. The van der Waals surface area contributed by atoms with E-state index in [0.29, 0.717) is 6.07 Å². The number of anilines is 1. The molecule has 0 spiro atoms. The standard InChI is InChI=1S/C20H11F3N2O3S2/c21-10-5-6-12(18(23)17(10)22)24-16(26)9-28-20(27)15-8-7-14(29-15)19-25-11-3-1-2-4-13(11)30-19/h1-8H,9H2,(H,24,26). The van der Waals surface area contributed by atoms with Gasteiger partial charge in [0.15, 0.2) is 24.1 Å². The molecular formula is C20H11F3N2O3S2. The number of fused-ring (bicyclic) bond motifs is 1. The number of hydrogen-bond donors (Lipinski definition) is 1. The molecule has 30 heavy (non-hydrogen) atoms. The average Bonchev–Trinajstić information content (AvgIpc) is 3.39. The molecule has 0 radical (unpaired) electrons. The van der Waals surface area contributed by atoms with Gasteiger partial charge in [-0.05, 0) is 36.4 Å². The van der Waals surface area contributed by atoms with Crippen LogP contribution in [0.25, 0.3) is 20.1 Å². The first-order chi connectivity index (χ1) is 14.4. The van der Waals surface area contributed by atoms with E-state index in [1.165, 1.54) is 11.3 Å². The van der Waals surface area contributed by atoms with Gasteiger partial charge in [0.25, 0.3) is 5.91 Å². The molecule has 0 fully saturated rings. The maximum atomic E-state index is 13.6. The van der Waals surface area contributed by atoms with E-state index in [1.54, 1.807) is 12.1 Å². The lowest BCUT2D eigenvalue weighted by Crippen LogP contribution is -2.21. The highest BCUT2D eigenvalue weighted by molar-refractivity contribution is 7.26. The molecule has 2 aromatic carbocycles. The van der Waals surface area contributed by atoms with Crippen LogP contribution >= 0.6 is 22.7 Å². The third-order valence-corrected chi connectivity index (χ3v) is 6.23. The Balaban J connectivity index is 1.39. The normalized spacial score (nSPS) is 10.9. The first-order valence-electron chi connectivity index (χ1n) is 8.48. The highest BCUT2D eigenvalue weighted by Crippen LogP contribution is 2.34. The number of thiazole rings is 1. The van der Waals surface area contributed by atoms with Crippen molar-refractivity contribution in [2.45, 2.75) is 0 Å². The summed E-state index contributed by atoms with van der Waals surface area (Å²) in [6, 6.07) is 12.5. The molecule has 0 saturated carbocycles. The SMILES string of the molecule is O=C(COC(=O)c1ccc(-c2nc3ccccc3s2)s1)Nc1ccc(F)c(F)c1F. The Morgan fingerprint density at radius 2 is 1.77 bits per heavy atom. The van der Waals surface area contributed by atoms with Crippen LogP contribution in [0, 0.1) is 17.5 Å². The number of esters is 1. The number of nitrogens with one attached hydrogen (secondary N) is 1. The lowest BCUT2D eigenvalue weighted by Gasteiger charge is -2.07. The zero-order chi connectivity index (χ0) is 21.3. The number of para-hydroxylation sites is 1. The van der Waals surface area contributed by atoms with E-state index in [9.17, 15) is 22.8 Å². The summed E-state index contributed by atoms with van der Waals surface area (Å²) in [5, 5.41) is 2.78. The fourth-order valence-electron chi connectivity index (χ4n) is 2.55. The van der Waals surface area contributed by atoms with Crippen LogP contribution in [0.2, 0.25) is 0 Å². The monoisotopic (exact) mass is 448 g/mol. The van der Waals surface area contributed by atoms with Gasteiger partial charge in [0.05, 0.1) is 20.8 Å². The Morgan fingerprint density at radius 3 is 2.57 bits per heavy atom. The lowest BCUT2D eigenvalue weighted by atomic mass is 10.3. The van der Waals surface area contributed by atoms with Crippen LogP contribution in [-0.4, -0.2) is 23.5 Å². The third-order valence-electron chi connectivity index (χ3n) is 3.96. The number of ether oxygens (including phenoxy) is 1. The summed E-state index contributed by atoms with van der Waals surface area (Å²) >= 11 is 2.65. The fourth-order valence-corrected chi connectivity index (χ4v) is 4.47. The molecule has 4 aromatic rings. The minimum Gasteiger partial charge on any atom is -0.451 e. The van der Waals surface area contributed by atoms with Crippen LogP contribution in [0.5, 0.6) is 0 Å². The summed E-state index contributed by atoms with van der Waals surface area (Å²) in [6.07, 6.45) is 0. The molecule has 0 unspecified atom stereocenters. The molecule has 2 aromatic heterocycles. The number of nitrogens with zero attached hydrogens (tertiary/aromatic N) is 1. The Morgan fingerprint density at radius 1 is 0.967 bits per heavy atom. The van der Waals surface area contributed by atoms with Gasteiger partial charge < -0.3 is 10.1 Å². The van der Waals surface area contributed by atoms with Gasteiger partial charge in [-0.3, -0.25) is 4.79 Å². The molecule has 5 nitrogen and oxygen atoms in total. The van der Waals surface area contributed by atoms with E-state index in [1.807, 2.05) is 29.6 Å². The van der Waals surface area contributed by atoms with Gasteiger partial charge >= 0.3 is 5.97 Å². The second-order valence-corrected chi connectivity index (χ2v) is 8.11. The largest absolute Gasteiger partial charge is 0.451 e. The summed E-state index contributed by atoms with van der Waals surface area (Å²) in [5.74, 6) is -6.25. The van der Waals surface area contributed by atoms with Gasteiger partial charge in [0.1, 0.15) is 9.88 Å². The predicted molar refractivity (Wildman–Crippen MR) is 108 cm³/mol. The lowest BCUT2D eigenvalue weighted by molar-refractivity contribution is -0.119. The number of halogens is 3.